The molecule has 5 heteroatoms. The van der Waals surface area contributed by atoms with E-state index in [9.17, 15) is 5.11 Å². The van der Waals surface area contributed by atoms with Gasteiger partial charge in [0.1, 0.15) is 11.5 Å². The van der Waals surface area contributed by atoms with Gasteiger partial charge in [-0.1, -0.05) is 0 Å². The Kier molecular flexibility index (Phi) is 3.22. The molecule has 94 valence electrons. The van der Waals surface area contributed by atoms with Crippen LogP contribution in [0.1, 0.15) is 18.4 Å². The molecule has 0 spiro atoms. The largest absolute Gasteiger partial charge is 0.495 e. The number of methoxy groups -OCH3 is 2. The third kappa shape index (κ3) is 1.85. The van der Waals surface area contributed by atoms with Crippen molar-refractivity contribution in [1.29, 1.82) is 0 Å². The molecule has 0 unspecified atom stereocenters. The van der Waals surface area contributed by atoms with E-state index in [1.165, 1.54) is 0 Å². The molecule has 1 saturated carbocycles. The summed E-state index contributed by atoms with van der Waals surface area (Å²) in [6.07, 6.45) is 4.29. The number of pyridine rings is 1. The van der Waals surface area contributed by atoms with E-state index in [1.54, 1.807) is 26.6 Å². The first-order valence-corrected chi connectivity index (χ1v) is 5.61. The average molecular weight is 238 g/mol. The third-order valence-electron chi connectivity index (χ3n) is 3.49. The second-order valence-electron chi connectivity index (χ2n) is 4.47. The number of hydrogen-bond donors (Lipinski definition) is 2. The average Bonchev–Trinajstić information content (AvgIpc) is 2.33. The van der Waals surface area contributed by atoms with Crippen molar-refractivity contribution in [3.63, 3.8) is 0 Å². The van der Waals surface area contributed by atoms with Crippen LogP contribution in [0.15, 0.2) is 12.4 Å². The van der Waals surface area contributed by atoms with Crippen molar-refractivity contribution in [2.24, 2.45) is 5.73 Å². The molecule has 1 fully saturated rings. The maximum atomic E-state index is 9.55. The Morgan fingerprint density at radius 1 is 1.35 bits per heavy atom. The SMILES string of the molecule is COc1cncc(OC)c1C1(CN)CC(O)C1. The molecule has 0 bridgehead atoms. The van der Waals surface area contributed by atoms with Gasteiger partial charge in [0.15, 0.2) is 0 Å². The first-order valence-electron chi connectivity index (χ1n) is 5.61. The maximum Gasteiger partial charge on any atom is 0.144 e. The van der Waals surface area contributed by atoms with Crippen LogP contribution in [0.4, 0.5) is 0 Å². The zero-order valence-corrected chi connectivity index (χ0v) is 10.1. The number of rotatable bonds is 4. The van der Waals surface area contributed by atoms with E-state index in [-0.39, 0.29) is 11.5 Å². The minimum Gasteiger partial charge on any atom is -0.495 e. The second kappa shape index (κ2) is 4.50. The molecule has 1 aromatic heterocycles. The molecule has 0 aromatic carbocycles. The second-order valence-corrected chi connectivity index (χ2v) is 4.47. The van der Waals surface area contributed by atoms with Crippen molar-refractivity contribution in [2.45, 2.75) is 24.4 Å². The highest BCUT2D eigenvalue weighted by atomic mass is 16.5. The lowest BCUT2D eigenvalue weighted by Gasteiger charge is -2.45. The maximum absolute atomic E-state index is 9.55. The van der Waals surface area contributed by atoms with Crippen LogP contribution in [0.3, 0.4) is 0 Å². The van der Waals surface area contributed by atoms with Crippen molar-refractivity contribution in [3.8, 4) is 11.5 Å². The van der Waals surface area contributed by atoms with Gasteiger partial charge in [0.2, 0.25) is 0 Å². The van der Waals surface area contributed by atoms with Crippen molar-refractivity contribution >= 4 is 0 Å². The summed E-state index contributed by atoms with van der Waals surface area (Å²) in [5.74, 6) is 1.34. The summed E-state index contributed by atoms with van der Waals surface area (Å²) in [4.78, 5) is 4.06. The monoisotopic (exact) mass is 238 g/mol. The highest BCUT2D eigenvalue weighted by molar-refractivity contribution is 5.49. The Balaban J connectivity index is 2.48. The normalized spacial score (nSPS) is 27.4. The molecule has 2 rings (SSSR count). The Bertz CT molecular complexity index is 380. The van der Waals surface area contributed by atoms with E-state index in [0.717, 1.165) is 5.56 Å². The van der Waals surface area contributed by atoms with Crippen LogP contribution in [0, 0.1) is 0 Å². The Morgan fingerprint density at radius 3 is 2.24 bits per heavy atom. The number of aliphatic hydroxyl groups excluding tert-OH is 1. The summed E-state index contributed by atoms with van der Waals surface area (Å²) < 4.78 is 10.7. The van der Waals surface area contributed by atoms with Crippen LogP contribution in [-0.2, 0) is 5.41 Å². The molecular formula is C12H18N2O3. The summed E-state index contributed by atoms with van der Waals surface area (Å²) in [6.45, 7) is 0.459. The fourth-order valence-electron chi connectivity index (χ4n) is 2.57. The van der Waals surface area contributed by atoms with Crippen molar-refractivity contribution < 1.29 is 14.6 Å². The van der Waals surface area contributed by atoms with Gasteiger partial charge in [-0.2, -0.15) is 0 Å². The topological polar surface area (TPSA) is 77.6 Å². The van der Waals surface area contributed by atoms with E-state index in [2.05, 4.69) is 4.98 Å². The van der Waals surface area contributed by atoms with Gasteiger partial charge in [-0.05, 0) is 12.8 Å². The van der Waals surface area contributed by atoms with E-state index in [1.807, 2.05) is 0 Å². The Morgan fingerprint density at radius 2 is 1.88 bits per heavy atom. The summed E-state index contributed by atoms with van der Waals surface area (Å²) in [7, 11) is 3.19. The summed E-state index contributed by atoms with van der Waals surface area (Å²) in [5.41, 5.74) is 6.54. The quantitative estimate of drug-likeness (QED) is 0.796. The van der Waals surface area contributed by atoms with Crippen LogP contribution in [0.2, 0.25) is 0 Å². The zero-order valence-electron chi connectivity index (χ0n) is 10.1. The molecule has 0 atom stereocenters. The first kappa shape index (κ1) is 12.1. The van der Waals surface area contributed by atoms with Gasteiger partial charge >= 0.3 is 0 Å². The fraction of sp³-hybridized carbons (Fsp3) is 0.583. The van der Waals surface area contributed by atoms with Gasteiger partial charge < -0.3 is 20.3 Å². The van der Waals surface area contributed by atoms with E-state index >= 15 is 0 Å². The number of ether oxygens (including phenoxy) is 2. The molecule has 1 heterocycles. The van der Waals surface area contributed by atoms with Crippen LogP contribution < -0.4 is 15.2 Å². The van der Waals surface area contributed by atoms with E-state index < -0.39 is 0 Å². The summed E-state index contributed by atoms with van der Waals surface area (Å²) in [5, 5.41) is 9.55. The molecular weight excluding hydrogens is 220 g/mol. The van der Waals surface area contributed by atoms with Crippen LogP contribution >= 0.6 is 0 Å². The number of nitrogens with zero attached hydrogens (tertiary/aromatic N) is 1. The van der Waals surface area contributed by atoms with Crippen LogP contribution in [-0.4, -0.2) is 37.0 Å². The minimum atomic E-state index is -0.291. The first-order chi connectivity index (χ1) is 8.16. The van der Waals surface area contributed by atoms with Gasteiger partial charge in [-0.25, -0.2) is 0 Å². The minimum absolute atomic E-state index is 0.251. The van der Waals surface area contributed by atoms with Gasteiger partial charge in [-0.3, -0.25) is 4.98 Å². The van der Waals surface area contributed by atoms with Crippen molar-refractivity contribution in [2.75, 3.05) is 20.8 Å². The van der Waals surface area contributed by atoms with Gasteiger partial charge in [0.25, 0.3) is 0 Å². The van der Waals surface area contributed by atoms with Gasteiger partial charge in [-0.15, -0.1) is 0 Å². The highest BCUT2D eigenvalue weighted by Gasteiger charge is 2.47. The van der Waals surface area contributed by atoms with Crippen LogP contribution in [0.25, 0.3) is 0 Å². The molecule has 1 aliphatic carbocycles. The molecule has 1 aromatic rings. The number of aromatic nitrogens is 1. The lowest BCUT2D eigenvalue weighted by atomic mass is 9.62. The smallest absolute Gasteiger partial charge is 0.144 e. The molecule has 0 amide bonds. The predicted molar refractivity (Wildman–Crippen MR) is 63.3 cm³/mol. The van der Waals surface area contributed by atoms with Crippen molar-refractivity contribution in [1.82, 2.24) is 4.98 Å². The van der Waals surface area contributed by atoms with Crippen molar-refractivity contribution in [3.05, 3.63) is 18.0 Å². The highest BCUT2D eigenvalue weighted by Crippen LogP contribution is 2.49. The number of nitrogens with two attached hydrogens (primary N) is 1. The zero-order chi connectivity index (χ0) is 12.5. The van der Waals surface area contributed by atoms with Gasteiger partial charge in [0, 0.05) is 17.5 Å². The summed E-state index contributed by atoms with van der Waals surface area (Å²) >= 11 is 0. The lowest BCUT2D eigenvalue weighted by Crippen LogP contribution is -2.50. The number of hydrogen-bond acceptors (Lipinski definition) is 5. The van der Waals surface area contributed by atoms with Crippen LogP contribution in [0.5, 0.6) is 11.5 Å². The molecule has 1 aliphatic rings. The number of aliphatic hydroxyl groups is 1. The predicted octanol–water partition coefficient (Wildman–Crippen LogP) is 0.450. The molecule has 0 saturated heterocycles. The standard InChI is InChI=1S/C12H18N2O3/c1-16-9-5-14-6-10(17-2)11(9)12(7-13)3-8(15)4-12/h5-6,8,15H,3-4,7,13H2,1-2H3. The molecule has 0 aliphatic heterocycles. The van der Waals surface area contributed by atoms with E-state index in [0.29, 0.717) is 30.9 Å². The lowest BCUT2D eigenvalue weighted by molar-refractivity contribution is 0.0199. The van der Waals surface area contributed by atoms with E-state index in [4.69, 9.17) is 15.2 Å². The molecule has 17 heavy (non-hydrogen) atoms. The molecule has 5 nitrogen and oxygen atoms in total. The Labute approximate surface area is 101 Å². The molecule has 0 radical (unpaired) electrons. The van der Waals surface area contributed by atoms with Gasteiger partial charge in [0.05, 0.1) is 32.7 Å². The summed E-state index contributed by atoms with van der Waals surface area (Å²) in [6, 6.07) is 0. The molecule has 3 N–H and O–H groups in total. The Hall–Kier alpha value is -1.33. The fourth-order valence-corrected chi connectivity index (χ4v) is 2.57. The third-order valence-corrected chi connectivity index (χ3v) is 3.49.